The molecule has 0 bridgehead atoms. The number of amides is 1. The van der Waals surface area contributed by atoms with Gasteiger partial charge in [-0.05, 0) is 23.1 Å². The minimum absolute atomic E-state index is 0.381. The summed E-state index contributed by atoms with van der Waals surface area (Å²) in [5.74, 6) is 0.408. The molecule has 0 aliphatic heterocycles. The zero-order valence-corrected chi connectivity index (χ0v) is 14.1. The standard InChI is InChI=1S/C14H13N3O2S3/c1-22(19)6-7-2-10(20-5-7)11-3-8-12(21-11)9(14(16)18)4-17-13(8)15/h2-5H,6H2,1H3,(H2,15,17)(H2,16,18). The van der Waals surface area contributed by atoms with E-state index in [1.54, 1.807) is 17.6 Å². The Labute approximate surface area is 137 Å². The lowest BCUT2D eigenvalue weighted by molar-refractivity contribution is 0.100. The number of primary amides is 1. The summed E-state index contributed by atoms with van der Waals surface area (Å²) in [6, 6.07) is 3.94. The number of anilines is 1. The second-order valence-electron chi connectivity index (χ2n) is 4.81. The Kier molecular flexibility index (Phi) is 3.98. The molecule has 22 heavy (non-hydrogen) atoms. The van der Waals surface area contributed by atoms with Crippen LogP contribution in [0.2, 0.25) is 0 Å². The maximum atomic E-state index is 11.5. The molecule has 0 aliphatic rings. The van der Waals surface area contributed by atoms with Gasteiger partial charge in [0, 0.05) is 44.1 Å². The number of nitrogen functional groups attached to an aromatic ring is 1. The molecule has 4 N–H and O–H groups in total. The first-order valence-corrected chi connectivity index (χ1v) is 9.73. The first kappa shape index (κ1) is 15.1. The van der Waals surface area contributed by atoms with E-state index < -0.39 is 16.7 Å². The van der Waals surface area contributed by atoms with Crippen molar-refractivity contribution in [3.8, 4) is 9.75 Å². The monoisotopic (exact) mass is 351 g/mol. The number of nitrogens with two attached hydrogens (primary N) is 2. The highest BCUT2D eigenvalue weighted by Crippen LogP contribution is 2.39. The van der Waals surface area contributed by atoms with Crippen molar-refractivity contribution in [1.29, 1.82) is 0 Å². The van der Waals surface area contributed by atoms with Crippen molar-refractivity contribution in [1.82, 2.24) is 4.98 Å². The van der Waals surface area contributed by atoms with E-state index in [1.165, 1.54) is 17.5 Å². The van der Waals surface area contributed by atoms with Gasteiger partial charge in [0.1, 0.15) is 5.82 Å². The lowest BCUT2D eigenvalue weighted by atomic mass is 10.2. The molecular weight excluding hydrogens is 338 g/mol. The average molecular weight is 351 g/mol. The Bertz CT molecular complexity index is 898. The molecule has 0 saturated carbocycles. The van der Waals surface area contributed by atoms with Crippen molar-refractivity contribution in [2.24, 2.45) is 5.73 Å². The minimum Gasteiger partial charge on any atom is -0.383 e. The summed E-state index contributed by atoms with van der Waals surface area (Å²) in [7, 11) is -0.869. The molecule has 0 spiro atoms. The van der Waals surface area contributed by atoms with Crippen molar-refractivity contribution in [2.75, 3.05) is 12.0 Å². The van der Waals surface area contributed by atoms with Crippen LogP contribution in [0.5, 0.6) is 0 Å². The van der Waals surface area contributed by atoms with E-state index in [2.05, 4.69) is 4.98 Å². The lowest BCUT2D eigenvalue weighted by Crippen LogP contribution is -2.11. The molecule has 0 saturated heterocycles. The number of carbonyl (C=O) groups excluding carboxylic acids is 1. The van der Waals surface area contributed by atoms with Crippen LogP contribution in [0, 0.1) is 0 Å². The summed E-state index contributed by atoms with van der Waals surface area (Å²) in [4.78, 5) is 17.6. The maximum Gasteiger partial charge on any atom is 0.251 e. The second-order valence-corrected chi connectivity index (χ2v) is 8.21. The fourth-order valence-electron chi connectivity index (χ4n) is 2.16. The molecule has 0 aromatic carbocycles. The highest BCUT2D eigenvalue weighted by atomic mass is 32.2. The van der Waals surface area contributed by atoms with Crippen LogP contribution in [0.3, 0.4) is 0 Å². The molecule has 0 fully saturated rings. The first-order chi connectivity index (χ1) is 10.5. The van der Waals surface area contributed by atoms with Gasteiger partial charge in [0.05, 0.1) is 10.3 Å². The van der Waals surface area contributed by atoms with Crippen LogP contribution in [0.1, 0.15) is 15.9 Å². The molecule has 3 aromatic rings. The first-order valence-electron chi connectivity index (χ1n) is 6.31. The number of hydrogen-bond donors (Lipinski definition) is 2. The van der Waals surface area contributed by atoms with E-state index in [4.69, 9.17) is 11.5 Å². The van der Waals surface area contributed by atoms with Crippen LogP contribution in [-0.4, -0.2) is 21.4 Å². The van der Waals surface area contributed by atoms with Crippen LogP contribution in [0.15, 0.2) is 23.7 Å². The highest BCUT2D eigenvalue weighted by Gasteiger charge is 2.15. The van der Waals surface area contributed by atoms with Gasteiger partial charge < -0.3 is 11.5 Å². The number of nitrogens with zero attached hydrogens (tertiary/aromatic N) is 1. The van der Waals surface area contributed by atoms with Gasteiger partial charge in [0.25, 0.3) is 5.91 Å². The number of carbonyl (C=O) groups is 1. The molecule has 0 aliphatic carbocycles. The van der Waals surface area contributed by atoms with Gasteiger partial charge in [-0.2, -0.15) is 0 Å². The molecule has 8 heteroatoms. The molecule has 114 valence electrons. The van der Waals surface area contributed by atoms with Gasteiger partial charge in [-0.3, -0.25) is 9.00 Å². The van der Waals surface area contributed by atoms with E-state index in [0.29, 0.717) is 17.1 Å². The Morgan fingerprint density at radius 1 is 1.36 bits per heavy atom. The molecule has 1 amide bonds. The van der Waals surface area contributed by atoms with Crippen molar-refractivity contribution < 1.29 is 9.00 Å². The number of pyridine rings is 1. The van der Waals surface area contributed by atoms with Crippen molar-refractivity contribution in [3.05, 3.63) is 34.8 Å². The van der Waals surface area contributed by atoms with Crippen molar-refractivity contribution in [3.63, 3.8) is 0 Å². The topological polar surface area (TPSA) is 99.1 Å². The smallest absolute Gasteiger partial charge is 0.251 e. The summed E-state index contributed by atoms with van der Waals surface area (Å²) in [6.45, 7) is 0. The summed E-state index contributed by atoms with van der Waals surface area (Å²) < 4.78 is 12.1. The molecule has 3 aromatic heterocycles. The zero-order valence-electron chi connectivity index (χ0n) is 11.7. The van der Waals surface area contributed by atoms with Crippen LogP contribution >= 0.6 is 22.7 Å². The average Bonchev–Trinajstić information content (AvgIpc) is 3.04. The Morgan fingerprint density at radius 2 is 2.14 bits per heavy atom. The number of rotatable bonds is 4. The van der Waals surface area contributed by atoms with Gasteiger partial charge in [-0.15, -0.1) is 22.7 Å². The fraction of sp³-hybridized carbons (Fsp3) is 0.143. The zero-order chi connectivity index (χ0) is 15.9. The van der Waals surface area contributed by atoms with E-state index in [1.807, 2.05) is 17.5 Å². The second kappa shape index (κ2) is 5.79. The van der Waals surface area contributed by atoms with Gasteiger partial charge >= 0.3 is 0 Å². The van der Waals surface area contributed by atoms with Crippen LogP contribution in [0.4, 0.5) is 5.82 Å². The van der Waals surface area contributed by atoms with E-state index in [0.717, 1.165) is 25.4 Å². The van der Waals surface area contributed by atoms with Gasteiger partial charge in [-0.25, -0.2) is 4.98 Å². The van der Waals surface area contributed by atoms with Gasteiger partial charge in [-0.1, -0.05) is 0 Å². The SMILES string of the molecule is CS(=O)Cc1csc(-c2cc3c(N)ncc(C(N)=O)c3s2)c1. The highest BCUT2D eigenvalue weighted by molar-refractivity contribution is 7.83. The van der Waals surface area contributed by atoms with Crippen LogP contribution in [-0.2, 0) is 16.6 Å². The molecule has 0 radical (unpaired) electrons. The fourth-order valence-corrected chi connectivity index (χ4v) is 5.08. The van der Waals surface area contributed by atoms with E-state index >= 15 is 0 Å². The molecule has 5 nitrogen and oxygen atoms in total. The van der Waals surface area contributed by atoms with Gasteiger partial charge in [0.15, 0.2) is 0 Å². The van der Waals surface area contributed by atoms with E-state index in [9.17, 15) is 9.00 Å². The maximum absolute atomic E-state index is 11.5. The summed E-state index contributed by atoms with van der Waals surface area (Å²) in [5.41, 5.74) is 12.7. The van der Waals surface area contributed by atoms with E-state index in [-0.39, 0.29) is 0 Å². The largest absolute Gasteiger partial charge is 0.383 e. The van der Waals surface area contributed by atoms with Crippen molar-refractivity contribution in [2.45, 2.75) is 5.75 Å². The number of fused-ring (bicyclic) bond motifs is 1. The predicted molar refractivity (Wildman–Crippen MR) is 93.6 cm³/mol. The molecule has 3 heterocycles. The normalized spacial score (nSPS) is 12.6. The molecule has 1 atom stereocenters. The molecular formula is C14H13N3O2S3. The van der Waals surface area contributed by atoms with Crippen molar-refractivity contribution >= 4 is 55.3 Å². The third kappa shape index (κ3) is 2.77. The predicted octanol–water partition coefficient (Wildman–Crippen LogP) is 2.58. The third-order valence-corrected chi connectivity index (χ3v) is 6.20. The number of aromatic nitrogens is 1. The number of hydrogen-bond acceptors (Lipinski definition) is 6. The summed E-state index contributed by atoms with van der Waals surface area (Å²) in [6.07, 6.45) is 3.10. The third-order valence-electron chi connectivity index (χ3n) is 3.12. The van der Waals surface area contributed by atoms with Crippen LogP contribution in [0.25, 0.3) is 19.8 Å². The minimum atomic E-state index is -0.869. The Hall–Kier alpha value is -1.77. The Balaban J connectivity index is 2.10. The van der Waals surface area contributed by atoms with Gasteiger partial charge in [0.2, 0.25) is 0 Å². The summed E-state index contributed by atoms with van der Waals surface area (Å²) >= 11 is 3.04. The Morgan fingerprint density at radius 3 is 2.82 bits per heavy atom. The number of thiophene rings is 2. The van der Waals surface area contributed by atoms with Crippen LogP contribution < -0.4 is 11.5 Å². The molecule has 1 unspecified atom stereocenters. The molecule has 3 rings (SSSR count). The quantitative estimate of drug-likeness (QED) is 0.754. The lowest BCUT2D eigenvalue weighted by Gasteiger charge is -1.99. The summed E-state index contributed by atoms with van der Waals surface area (Å²) in [5, 5.41) is 2.74.